The van der Waals surface area contributed by atoms with Crippen molar-refractivity contribution in [3.63, 3.8) is 0 Å². The summed E-state index contributed by atoms with van der Waals surface area (Å²) in [5.74, 6) is 0.628. The van der Waals surface area contributed by atoms with E-state index in [-0.39, 0.29) is 18.3 Å². The van der Waals surface area contributed by atoms with Crippen LogP contribution in [0.2, 0.25) is 0 Å². The number of hydrogen-bond donors (Lipinski definition) is 1. The van der Waals surface area contributed by atoms with Crippen molar-refractivity contribution < 1.29 is 14.3 Å². The number of carbonyl (C=O) groups excluding carboxylic acids is 2. The second-order valence-electron chi connectivity index (χ2n) is 4.68. The van der Waals surface area contributed by atoms with E-state index >= 15 is 0 Å². The first-order chi connectivity index (χ1) is 10.1. The lowest BCUT2D eigenvalue weighted by Gasteiger charge is -2.17. The van der Waals surface area contributed by atoms with E-state index in [0.717, 1.165) is 15.7 Å². The molecule has 2 heterocycles. The van der Waals surface area contributed by atoms with Gasteiger partial charge in [0.1, 0.15) is 5.75 Å². The summed E-state index contributed by atoms with van der Waals surface area (Å²) in [4.78, 5) is 24.0. The average Bonchev–Trinajstić information content (AvgIpc) is 2.91. The molecule has 1 amide bonds. The molecule has 0 saturated carbocycles. The summed E-state index contributed by atoms with van der Waals surface area (Å²) < 4.78 is 6.36. The first-order valence-electron chi connectivity index (χ1n) is 6.45. The molecule has 4 nitrogen and oxygen atoms in total. The van der Waals surface area contributed by atoms with Crippen LogP contribution in [0.1, 0.15) is 21.7 Å². The summed E-state index contributed by atoms with van der Waals surface area (Å²) in [5.41, 5.74) is 1.86. The second-order valence-corrected chi connectivity index (χ2v) is 6.45. The Morgan fingerprint density at radius 1 is 1.33 bits per heavy atom. The van der Waals surface area contributed by atoms with Crippen molar-refractivity contribution in [1.29, 1.82) is 0 Å². The van der Waals surface area contributed by atoms with Gasteiger partial charge in [-0.3, -0.25) is 9.59 Å². The third kappa shape index (κ3) is 3.16. The van der Waals surface area contributed by atoms with Gasteiger partial charge in [-0.25, -0.2) is 0 Å². The SMILES string of the molecule is O=C1CCc2cc(OCC(=O)c3sccc3Br)ccc2N1. The Kier molecular flexibility index (Phi) is 4.07. The van der Waals surface area contributed by atoms with Gasteiger partial charge in [-0.2, -0.15) is 0 Å². The molecular weight excluding hydrogens is 354 g/mol. The lowest BCUT2D eigenvalue weighted by atomic mass is 10.0. The molecular formula is C15H12BrNO3S. The number of aryl methyl sites for hydroxylation is 1. The number of carbonyl (C=O) groups is 2. The number of nitrogens with one attached hydrogen (secondary N) is 1. The van der Waals surface area contributed by atoms with Gasteiger partial charge in [-0.1, -0.05) is 0 Å². The molecule has 6 heteroatoms. The van der Waals surface area contributed by atoms with Gasteiger partial charge >= 0.3 is 0 Å². The molecule has 1 aromatic heterocycles. The summed E-state index contributed by atoms with van der Waals surface area (Å²) >= 11 is 4.73. The molecule has 0 saturated heterocycles. The maximum absolute atomic E-state index is 12.0. The fourth-order valence-electron chi connectivity index (χ4n) is 2.16. The highest BCUT2D eigenvalue weighted by atomic mass is 79.9. The molecule has 21 heavy (non-hydrogen) atoms. The normalized spacial score (nSPS) is 13.5. The second kappa shape index (κ2) is 5.99. The molecule has 0 atom stereocenters. The minimum Gasteiger partial charge on any atom is -0.485 e. The van der Waals surface area contributed by atoms with Crippen LogP contribution in [0, 0.1) is 0 Å². The van der Waals surface area contributed by atoms with E-state index in [9.17, 15) is 9.59 Å². The van der Waals surface area contributed by atoms with Crippen LogP contribution < -0.4 is 10.1 Å². The molecule has 0 unspecified atom stereocenters. The van der Waals surface area contributed by atoms with Gasteiger partial charge in [0.2, 0.25) is 11.7 Å². The zero-order valence-electron chi connectivity index (χ0n) is 11.0. The Morgan fingerprint density at radius 2 is 2.19 bits per heavy atom. The fourth-order valence-corrected chi connectivity index (χ4v) is 3.68. The van der Waals surface area contributed by atoms with Gasteiger partial charge < -0.3 is 10.1 Å². The van der Waals surface area contributed by atoms with E-state index in [1.807, 2.05) is 23.6 Å². The molecule has 0 aliphatic carbocycles. The summed E-state index contributed by atoms with van der Waals surface area (Å²) in [5, 5.41) is 4.68. The van der Waals surface area contributed by atoms with Crippen LogP contribution in [0.15, 0.2) is 34.1 Å². The van der Waals surface area contributed by atoms with Crippen LogP contribution in [0.25, 0.3) is 0 Å². The molecule has 1 aliphatic heterocycles. The lowest BCUT2D eigenvalue weighted by molar-refractivity contribution is -0.116. The smallest absolute Gasteiger partial charge is 0.224 e. The Balaban J connectivity index is 1.67. The zero-order chi connectivity index (χ0) is 14.8. The van der Waals surface area contributed by atoms with Crippen LogP contribution in [-0.2, 0) is 11.2 Å². The van der Waals surface area contributed by atoms with Gasteiger partial charge in [0.05, 0.1) is 4.88 Å². The average molecular weight is 366 g/mol. The standard InChI is InChI=1S/C15H12BrNO3S/c16-11-5-6-21-15(11)13(18)8-20-10-2-3-12-9(7-10)1-4-14(19)17-12/h2-3,5-7H,1,4,8H2,(H,17,19). The number of thiophene rings is 1. The number of rotatable bonds is 4. The van der Waals surface area contributed by atoms with Crippen LogP contribution in [0.5, 0.6) is 5.75 Å². The molecule has 0 fully saturated rings. The highest BCUT2D eigenvalue weighted by Crippen LogP contribution is 2.27. The molecule has 1 N–H and O–H groups in total. The largest absolute Gasteiger partial charge is 0.485 e. The van der Waals surface area contributed by atoms with E-state index < -0.39 is 0 Å². The van der Waals surface area contributed by atoms with E-state index in [1.54, 1.807) is 6.07 Å². The summed E-state index contributed by atoms with van der Waals surface area (Å²) in [6, 6.07) is 7.30. The fraction of sp³-hybridized carbons (Fsp3) is 0.200. The lowest BCUT2D eigenvalue weighted by Crippen LogP contribution is -2.19. The quantitative estimate of drug-likeness (QED) is 0.841. The predicted octanol–water partition coefficient (Wildman–Crippen LogP) is 3.66. The van der Waals surface area contributed by atoms with Gasteiger partial charge in [-0.15, -0.1) is 11.3 Å². The highest BCUT2D eigenvalue weighted by molar-refractivity contribution is 9.10. The number of hydrogen-bond acceptors (Lipinski definition) is 4. The first-order valence-corrected chi connectivity index (χ1v) is 8.12. The van der Waals surface area contributed by atoms with E-state index in [4.69, 9.17) is 4.74 Å². The van der Waals surface area contributed by atoms with Crippen molar-refractivity contribution in [1.82, 2.24) is 0 Å². The van der Waals surface area contributed by atoms with Crippen molar-refractivity contribution in [3.05, 3.63) is 44.6 Å². The minimum atomic E-state index is -0.0529. The van der Waals surface area contributed by atoms with Crippen LogP contribution >= 0.6 is 27.3 Å². The van der Waals surface area contributed by atoms with Gasteiger partial charge in [0.15, 0.2) is 6.61 Å². The van der Waals surface area contributed by atoms with Crippen molar-refractivity contribution in [2.24, 2.45) is 0 Å². The topological polar surface area (TPSA) is 55.4 Å². The van der Waals surface area contributed by atoms with Gasteiger partial charge in [0, 0.05) is 16.6 Å². The molecule has 2 aromatic rings. The Hall–Kier alpha value is -1.66. The van der Waals surface area contributed by atoms with Crippen LogP contribution in [0.3, 0.4) is 0 Å². The Labute approximate surface area is 134 Å². The molecule has 0 spiro atoms. The van der Waals surface area contributed by atoms with Crippen molar-refractivity contribution >= 4 is 44.6 Å². The number of halogens is 1. The van der Waals surface area contributed by atoms with Crippen LogP contribution in [0.4, 0.5) is 5.69 Å². The molecule has 108 valence electrons. The monoisotopic (exact) mass is 365 g/mol. The third-order valence-electron chi connectivity index (χ3n) is 3.21. The van der Waals surface area contributed by atoms with Crippen molar-refractivity contribution in [2.45, 2.75) is 12.8 Å². The Morgan fingerprint density at radius 3 is 2.95 bits per heavy atom. The Bertz CT molecular complexity index is 711. The van der Waals surface area contributed by atoms with Gasteiger partial charge in [-0.05, 0) is 57.6 Å². The number of fused-ring (bicyclic) bond motifs is 1. The zero-order valence-corrected chi connectivity index (χ0v) is 13.4. The van der Waals surface area contributed by atoms with E-state index in [2.05, 4.69) is 21.2 Å². The van der Waals surface area contributed by atoms with Crippen molar-refractivity contribution in [3.8, 4) is 5.75 Å². The molecule has 1 aromatic carbocycles. The number of Topliss-reactive ketones (excluding diaryl/α,β-unsaturated/α-hetero) is 1. The number of benzene rings is 1. The number of ketones is 1. The molecule has 0 radical (unpaired) electrons. The number of ether oxygens (including phenoxy) is 1. The summed E-state index contributed by atoms with van der Waals surface area (Å²) in [6.07, 6.45) is 1.18. The van der Waals surface area contributed by atoms with Crippen molar-refractivity contribution in [2.75, 3.05) is 11.9 Å². The van der Waals surface area contributed by atoms with E-state index in [0.29, 0.717) is 23.5 Å². The summed E-state index contributed by atoms with van der Waals surface area (Å²) in [6.45, 7) is 0.00423. The number of anilines is 1. The first kappa shape index (κ1) is 14.3. The molecule has 3 rings (SSSR count). The maximum Gasteiger partial charge on any atom is 0.224 e. The molecule has 1 aliphatic rings. The third-order valence-corrected chi connectivity index (χ3v) is 5.09. The van der Waals surface area contributed by atoms with Crippen LogP contribution in [-0.4, -0.2) is 18.3 Å². The highest BCUT2D eigenvalue weighted by Gasteiger charge is 2.16. The van der Waals surface area contributed by atoms with Gasteiger partial charge in [0.25, 0.3) is 0 Å². The predicted molar refractivity (Wildman–Crippen MR) is 85.2 cm³/mol. The molecule has 0 bridgehead atoms. The minimum absolute atomic E-state index is 0.00423. The van der Waals surface area contributed by atoms with E-state index in [1.165, 1.54) is 11.3 Å². The number of amides is 1. The summed E-state index contributed by atoms with van der Waals surface area (Å²) in [7, 11) is 0. The maximum atomic E-state index is 12.0.